The Morgan fingerprint density at radius 3 is 2.67 bits per heavy atom. The summed E-state index contributed by atoms with van der Waals surface area (Å²) in [7, 11) is 1.59. The van der Waals surface area contributed by atoms with Gasteiger partial charge < -0.3 is 4.74 Å². The Kier molecular flexibility index (Phi) is 6.20. The van der Waals surface area contributed by atoms with E-state index in [-0.39, 0.29) is 11.5 Å². The van der Waals surface area contributed by atoms with E-state index in [1.54, 1.807) is 31.6 Å². The van der Waals surface area contributed by atoms with Crippen LogP contribution in [-0.4, -0.2) is 38.4 Å². The van der Waals surface area contributed by atoms with Crippen LogP contribution in [0.3, 0.4) is 0 Å². The second kappa shape index (κ2) is 9.37. The number of pyridine rings is 1. The molecule has 0 aliphatic carbocycles. The number of carbonyl (C=O) groups is 1. The Balaban J connectivity index is 1.59. The number of rotatable bonds is 8. The maximum atomic E-state index is 12.7. The predicted octanol–water partition coefficient (Wildman–Crippen LogP) is 4.37. The van der Waals surface area contributed by atoms with E-state index in [4.69, 9.17) is 4.74 Å². The molecule has 4 aromatic rings. The molecule has 0 aliphatic rings. The van der Waals surface area contributed by atoms with Crippen molar-refractivity contribution in [2.24, 2.45) is 0 Å². The van der Waals surface area contributed by atoms with Crippen LogP contribution in [0.15, 0.2) is 84.3 Å². The second-order valence-electron chi connectivity index (χ2n) is 6.56. The molecule has 0 saturated carbocycles. The lowest BCUT2D eigenvalue weighted by Crippen LogP contribution is -2.07. The van der Waals surface area contributed by atoms with Crippen molar-refractivity contribution in [3.63, 3.8) is 0 Å². The summed E-state index contributed by atoms with van der Waals surface area (Å²) in [5, 5.41) is 9.43. The van der Waals surface area contributed by atoms with Crippen LogP contribution in [0.5, 0.6) is 5.75 Å². The van der Waals surface area contributed by atoms with E-state index in [9.17, 15) is 4.79 Å². The summed E-state index contributed by atoms with van der Waals surface area (Å²) < 4.78 is 7.24. The van der Waals surface area contributed by atoms with Crippen LogP contribution in [0.1, 0.15) is 15.9 Å². The summed E-state index contributed by atoms with van der Waals surface area (Å²) >= 11 is 1.38. The van der Waals surface area contributed by atoms with Crippen LogP contribution < -0.4 is 4.74 Å². The minimum atomic E-state index is 0.0103. The van der Waals surface area contributed by atoms with Crippen LogP contribution in [0.25, 0.3) is 11.4 Å². The SMILES string of the molecule is COc1cccc(C(=O)CSc2nnc(-c3cccnc3)n2Cc2ccccc2)c1. The zero-order valence-electron chi connectivity index (χ0n) is 16.4. The number of ketones is 1. The molecule has 0 fully saturated rings. The number of thioether (sulfide) groups is 1. The number of hydrogen-bond donors (Lipinski definition) is 0. The van der Waals surface area contributed by atoms with Crippen LogP contribution in [-0.2, 0) is 6.54 Å². The summed E-state index contributed by atoms with van der Waals surface area (Å²) in [5.41, 5.74) is 2.62. The molecule has 0 unspecified atom stereocenters. The molecule has 0 spiro atoms. The van der Waals surface area contributed by atoms with Crippen molar-refractivity contribution in [1.29, 1.82) is 0 Å². The van der Waals surface area contributed by atoms with Crippen LogP contribution in [0.4, 0.5) is 0 Å². The molecular formula is C23H20N4O2S. The first kappa shape index (κ1) is 19.8. The standard InChI is InChI=1S/C23H20N4O2S/c1-29-20-11-5-9-18(13-20)21(28)16-30-23-26-25-22(19-10-6-12-24-14-19)27(23)15-17-7-3-2-4-8-17/h2-14H,15-16H2,1H3. The fraction of sp³-hybridized carbons (Fsp3) is 0.130. The molecule has 0 saturated heterocycles. The van der Waals surface area contributed by atoms with Gasteiger partial charge in [0.25, 0.3) is 0 Å². The number of ether oxygens (including phenoxy) is 1. The minimum absolute atomic E-state index is 0.0103. The third kappa shape index (κ3) is 4.58. The second-order valence-corrected chi connectivity index (χ2v) is 7.51. The van der Waals surface area contributed by atoms with Crippen LogP contribution in [0.2, 0.25) is 0 Å². The van der Waals surface area contributed by atoms with Gasteiger partial charge in [-0.15, -0.1) is 10.2 Å². The van der Waals surface area contributed by atoms with Gasteiger partial charge in [-0.05, 0) is 29.8 Å². The lowest BCUT2D eigenvalue weighted by Gasteiger charge is -2.10. The van der Waals surface area contributed by atoms with Gasteiger partial charge in [-0.3, -0.25) is 14.3 Å². The van der Waals surface area contributed by atoms with E-state index in [1.165, 1.54) is 11.8 Å². The number of hydrogen-bond acceptors (Lipinski definition) is 6. The number of aromatic nitrogens is 4. The summed E-state index contributed by atoms with van der Waals surface area (Å²) in [6.45, 7) is 0.605. The molecule has 0 bridgehead atoms. The number of methoxy groups -OCH3 is 1. The monoisotopic (exact) mass is 416 g/mol. The molecule has 2 heterocycles. The number of nitrogens with zero attached hydrogens (tertiary/aromatic N) is 4. The van der Waals surface area contributed by atoms with E-state index >= 15 is 0 Å². The first-order chi connectivity index (χ1) is 14.7. The zero-order chi connectivity index (χ0) is 20.8. The molecule has 0 aliphatic heterocycles. The molecule has 0 N–H and O–H groups in total. The third-order valence-corrected chi connectivity index (χ3v) is 5.51. The van der Waals surface area contributed by atoms with Crippen molar-refractivity contribution >= 4 is 17.5 Å². The first-order valence-electron chi connectivity index (χ1n) is 9.42. The molecule has 4 rings (SSSR count). The molecule has 7 heteroatoms. The number of carbonyl (C=O) groups excluding carboxylic acids is 1. The smallest absolute Gasteiger partial charge is 0.192 e. The van der Waals surface area contributed by atoms with Crippen molar-refractivity contribution in [2.75, 3.05) is 12.9 Å². The highest BCUT2D eigenvalue weighted by molar-refractivity contribution is 7.99. The summed E-state index contributed by atoms with van der Waals surface area (Å²) in [5.74, 6) is 1.66. The number of Topliss-reactive ketones (excluding diaryl/α,β-unsaturated/α-hetero) is 1. The third-order valence-electron chi connectivity index (χ3n) is 4.54. The Morgan fingerprint density at radius 2 is 1.90 bits per heavy atom. The van der Waals surface area contributed by atoms with Crippen molar-refractivity contribution in [2.45, 2.75) is 11.7 Å². The summed E-state index contributed by atoms with van der Waals surface area (Å²) in [6, 6.07) is 21.1. The quantitative estimate of drug-likeness (QED) is 0.314. The van der Waals surface area contributed by atoms with Gasteiger partial charge in [0.05, 0.1) is 19.4 Å². The fourth-order valence-electron chi connectivity index (χ4n) is 3.02. The highest BCUT2D eigenvalue weighted by Crippen LogP contribution is 2.26. The van der Waals surface area contributed by atoms with Gasteiger partial charge in [0.2, 0.25) is 0 Å². The topological polar surface area (TPSA) is 69.9 Å². The molecule has 2 aromatic heterocycles. The molecular weight excluding hydrogens is 396 g/mol. The van der Waals surface area contributed by atoms with Gasteiger partial charge in [0, 0.05) is 23.5 Å². The van der Waals surface area contributed by atoms with Crippen molar-refractivity contribution < 1.29 is 9.53 Å². The van der Waals surface area contributed by atoms with Gasteiger partial charge in [-0.25, -0.2) is 0 Å². The van der Waals surface area contributed by atoms with Crippen LogP contribution in [0, 0.1) is 0 Å². The Bertz CT molecular complexity index is 1130. The Morgan fingerprint density at radius 1 is 1.03 bits per heavy atom. The van der Waals surface area contributed by atoms with Gasteiger partial charge in [0.15, 0.2) is 16.8 Å². The van der Waals surface area contributed by atoms with E-state index in [0.29, 0.717) is 23.0 Å². The normalized spacial score (nSPS) is 10.7. The van der Waals surface area contributed by atoms with Crippen molar-refractivity contribution in [3.05, 3.63) is 90.3 Å². The molecule has 150 valence electrons. The maximum Gasteiger partial charge on any atom is 0.192 e. The first-order valence-corrected chi connectivity index (χ1v) is 10.4. The fourth-order valence-corrected chi connectivity index (χ4v) is 3.85. The maximum absolute atomic E-state index is 12.7. The molecule has 0 amide bonds. The highest BCUT2D eigenvalue weighted by atomic mass is 32.2. The van der Waals surface area contributed by atoms with E-state index < -0.39 is 0 Å². The van der Waals surface area contributed by atoms with E-state index in [0.717, 1.165) is 17.0 Å². The van der Waals surface area contributed by atoms with Gasteiger partial charge in [-0.2, -0.15) is 0 Å². The van der Waals surface area contributed by atoms with Crippen LogP contribution >= 0.6 is 11.8 Å². The average Bonchev–Trinajstić information content (AvgIpc) is 3.21. The Hall–Kier alpha value is -3.45. The van der Waals surface area contributed by atoms with Crippen molar-refractivity contribution in [1.82, 2.24) is 19.7 Å². The summed E-state index contributed by atoms with van der Waals surface area (Å²) in [6.07, 6.45) is 3.49. The van der Waals surface area contributed by atoms with Gasteiger partial charge in [0.1, 0.15) is 5.75 Å². The molecule has 0 radical (unpaired) electrons. The van der Waals surface area contributed by atoms with E-state index in [1.807, 2.05) is 47.0 Å². The van der Waals surface area contributed by atoms with Gasteiger partial charge >= 0.3 is 0 Å². The summed E-state index contributed by atoms with van der Waals surface area (Å²) in [4.78, 5) is 16.9. The largest absolute Gasteiger partial charge is 0.497 e. The van der Waals surface area contributed by atoms with E-state index in [2.05, 4.69) is 27.3 Å². The number of benzene rings is 2. The lowest BCUT2D eigenvalue weighted by molar-refractivity contribution is 0.102. The Labute approximate surface area is 179 Å². The molecule has 2 aromatic carbocycles. The molecule has 6 nitrogen and oxygen atoms in total. The lowest BCUT2D eigenvalue weighted by atomic mass is 10.1. The molecule has 0 atom stereocenters. The average molecular weight is 417 g/mol. The highest BCUT2D eigenvalue weighted by Gasteiger charge is 2.17. The zero-order valence-corrected chi connectivity index (χ0v) is 17.2. The van der Waals surface area contributed by atoms with Crippen molar-refractivity contribution in [3.8, 4) is 17.1 Å². The molecule has 30 heavy (non-hydrogen) atoms. The predicted molar refractivity (Wildman–Crippen MR) is 117 cm³/mol. The van der Waals surface area contributed by atoms with Gasteiger partial charge in [-0.1, -0.05) is 54.2 Å². The minimum Gasteiger partial charge on any atom is -0.497 e.